The lowest BCUT2D eigenvalue weighted by atomic mass is 9.71. The Labute approximate surface area is 184 Å². The third-order valence-electron chi connectivity index (χ3n) is 6.39. The van der Waals surface area contributed by atoms with Gasteiger partial charge in [0.1, 0.15) is 6.61 Å². The first-order chi connectivity index (χ1) is 15.2. The van der Waals surface area contributed by atoms with Gasteiger partial charge in [-0.3, -0.25) is 0 Å². The average molecular weight is 444 g/mol. The minimum atomic E-state index is -4.59. The highest BCUT2D eigenvalue weighted by atomic mass is 19.4. The summed E-state index contributed by atoms with van der Waals surface area (Å²) in [7, 11) is 0. The highest BCUT2D eigenvalue weighted by Crippen LogP contribution is 2.46. The molecule has 2 aromatic rings. The Morgan fingerprint density at radius 3 is 2.41 bits per heavy atom. The number of halogens is 3. The number of amides is 1. The van der Waals surface area contributed by atoms with Crippen LogP contribution in [-0.2, 0) is 23.1 Å². The highest BCUT2D eigenvalue weighted by molar-refractivity contribution is 5.69. The van der Waals surface area contributed by atoms with Crippen molar-refractivity contribution in [3.63, 3.8) is 0 Å². The van der Waals surface area contributed by atoms with Crippen LogP contribution in [0.3, 0.4) is 0 Å². The Bertz CT molecular complexity index is 1020. The van der Waals surface area contributed by atoms with E-state index in [1.165, 1.54) is 0 Å². The summed E-state index contributed by atoms with van der Waals surface area (Å²) in [5, 5.41) is 20.9. The van der Waals surface area contributed by atoms with Crippen molar-refractivity contribution in [2.24, 2.45) is 0 Å². The van der Waals surface area contributed by atoms with Crippen LogP contribution in [0.4, 0.5) is 18.0 Å². The van der Waals surface area contributed by atoms with Crippen LogP contribution in [0.1, 0.15) is 54.4 Å². The number of hydrogen-bond acceptors (Lipinski definition) is 4. The molecule has 0 aliphatic carbocycles. The van der Waals surface area contributed by atoms with Gasteiger partial charge in [0.05, 0.1) is 22.8 Å². The van der Waals surface area contributed by atoms with E-state index in [2.05, 4.69) is 0 Å². The van der Waals surface area contributed by atoms with Gasteiger partial charge in [0.15, 0.2) is 0 Å². The molecular weight excluding hydrogens is 421 g/mol. The van der Waals surface area contributed by atoms with Crippen molar-refractivity contribution in [1.82, 2.24) is 4.90 Å². The number of carbonyl (C=O) groups excluding carboxylic acids is 1. The van der Waals surface area contributed by atoms with Crippen LogP contribution in [0.5, 0.6) is 0 Å². The normalized spacial score (nSPS) is 25.2. The number of aliphatic hydroxyl groups is 1. The standard InChI is InChI=1S/C24H23F3N2O3/c25-24(26,27)18-10-9-17(14-28)21(11-18)23(31)12-19-7-4-8-20(13-23)29(19)22(30)32-15-16-5-2-1-3-6-16/h1-3,5-6,9-11,19-20,31H,4,7-8,12-13,15H2. The molecule has 0 aromatic heterocycles. The van der Waals surface area contributed by atoms with Crippen LogP contribution >= 0.6 is 0 Å². The predicted molar refractivity (Wildman–Crippen MR) is 109 cm³/mol. The number of rotatable bonds is 3. The monoisotopic (exact) mass is 444 g/mol. The quantitative estimate of drug-likeness (QED) is 0.713. The zero-order chi connectivity index (χ0) is 22.9. The van der Waals surface area contributed by atoms with Crippen molar-refractivity contribution < 1.29 is 27.8 Å². The molecule has 1 N–H and O–H groups in total. The molecule has 2 heterocycles. The summed E-state index contributed by atoms with van der Waals surface area (Å²) in [4.78, 5) is 14.5. The highest BCUT2D eigenvalue weighted by Gasteiger charge is 2.50. The lowest BCUT2D eigenvalue weighted by Crippen LogP contribution is -2.59. The Kier molecular flexibility index (Phi) is 5.87. The minimum Gasteiger partial charge on any atom is -0.445 e. The van der Waals surface area contributed by atoms with Crippen LogP contribution in [-0.4, -0.2) is 28.2 Å². The second-order valence-electron chi connectivity index (χ2n) is 8.50. The van der Waals surface area contributed by atoms with Gasteiger partial charge in [-0.15, -0.1) is 0 Å². The van der Waals surface area contributed by atoms with Crippen LogP contribution in [0.2, 0.25) is 0 Å². The molecule has 2 bridgehead atoms. The second-order valence-corrected chi connectivity index (χ2v) is 8.50. The molecule has 4 rings (SSSR count). The summed E-state index contributed by atoms with van der Waals surface area (Å²) in [5.74, 6) is 0. The zero-order valence-corrected chi connectivity index (χ0v) is 17.3. The minimum absolute atomic E-state index is 0.0127. The van der Waals surface area contributed by atoms with Gasteiger partial charge in [-0.1, -0.05) is 30.3 Å². The Morgan fingerprint density at radius 1 is 1.16 bits per heavy atom. The van der Waals surface area contributed by atoms with E-state index in [1.54, 1.807) is 4.90 Å². The number of piperidine rings is 2. The number of nitrogens with zero attached hydrogens (tertiary/aromatic N) is 2. The van der Waals surface area contributed by atoms with Crippen molar-refractivity contribution in [2.75, 3.05) is 0 Å². The summed E-state index contributed by atoms with van der Waals surface area (Å²) in [6.07, 6.45) is -2.89. The van der Waals surface area contributed by atoms with E-state index in [4.69, 9.17) is 4.74 Å². The van der Waals surface area contributed by atoms with Crippen molar-refractivity contribution >= 4 is 6.09 Å². The molecule has 2 fully saturated rings. The molecular formula is C24H23F3N2O3. The van der Waals surface area contributed by atoms with Gasteiger partial charge >= 0.3 is 12.3 Å². The number of nitriles is 1. The molecule has 2 aromatic carbocycles. The van der Waals surface area contributed by atoms with E-state index in [9.17, 15) is 28.3 Å². The fourth-order valence-electron chi connectivity index (χ4n) is 4.94. The summed E-state index contributed by atoms with van der Waals surface area (Å²) in [6, 6.07) is 13.2. The lowest BCUT2D eigenvalue weighted by Gasteiger charge is -2.51. The molecule has 2 atom stereocenters. The van der Waals surface area contributed by atoms with Gasteiger partial charge < -0.3 is 14.7 Å². The fraction of sp³-hybridized carbons (Fsp3) is 0.417. The van der Waals surface area contributed by atoms with E-state index in [0.29, 0.717) is 12.8 Å². The molecule has 5 nitrogen and oxygen atoms in total. The zero-order valence-electron chi connectivity index (χ0n) is 17.3. The molecule has 2 aliphatic rings. The maximum Gasteiger partial charge on any atom is 0.416 e. The summed E-state index contributed by atoms with van der Waals surface area (Å²) in [6.45, 7) is 0.117. The first kappa shape index (κ1) is 22.2. The largest absolute Gasteiger partial charge is 0.445 e. The van der Waals surface area contributed by atoms with Crippen molar-refractivity contribution in [3.05, 3.63) is 70.8 Å². The molecule has 168 valence electrons. The third kappa shape index (κ3) is 4.30. The third-order valence-corrected chi connectivity index (χ3v) is 6.39. The molecule has 2 saturated heterocycles. The van der Waals surface area contributed by atoms with Gasteiger partial charge in [-0.2, -0.15) is 18.4 Å². The molecule has 0 spiro atoms. The number of alkyl halides is 3. The SMILES string of the molecule is N#Cc1ccc(C(F)(F)F)cc1C1(O)CC2CCCC(C1)N2C(=O)OCc1ccccc1. The van der Waals surface area contributed by atoms with E-state index in [1.807, 2.05) is 36.4 Å². The summed E-state index contributed by atoms with van der Waals surface area (Å²) >= 11 is 0. The maximum atomic E-state index is 13.3. The molecule has 8 heteroatoms. The lowest BCUT2D eigenvalue weighted by molar-refractivity contribution is -0.138. The average Bonchev–Trinajstić information content (AvgIpc) is 2.76. The second kappa shape index (κ2) is 8.47. The first-order valence-corrected chi connectivity index (χ1v) is 10.5. The number of hydrogen-bond donors (Lipinski definition) is 1. The smallest absolute Gasteiger partial charge is 0.416 e. The molecule has 0 saturated carbocycles. The van der Waals surface area contributed by atoms with E-state index in [0.717, 1.165) is 30.2 Å². The van der Waals surface area contributed by atoms with Gasteiger partial charge in [0.25, 0.3) is 0 Å². The number of benzene rings is 2. The predicted octanol–water partition coefficient (Wildman–Crippen LogP) is 5.12. The Hall–Kier alpha value is -3.05. The van der Waals surface area contributed by atoms with E-state index in [-0.39, 0.29) is 42.7 Å². The molecule has 0 radical (unpaired) electrons. The van der Waals surface area contributed by atoms with Gasteiger partial charge in [0, 0.05) is 30.5 Å². The fourth-order valence-corrected chi connectivity index (χ4v) is 4.94. The molecule has 32 heavy (non-hydrogen) atoms. The Balaban J connectivity index is 1.58. The number of carbonyl (C=O) groups is 1. The van der Waals surface area contributed by atoms with E-state index < -0.39 is 23.4 Å². The van der Waals surface area contributed by atoms with Crippen LogP contribution < -0.4 is 0 Å². The maximum absolute atomic E-state index is 13.3. The molecule has 2 unspecified atom stereocenters. The number of fused-ring (bicyclic) bond motifs is 2. The summed E-state index contributed by atoms with van der Waals surface area (Å²) < 4.78 is 45.3. The molecule has 2 aliphatic heterocycles. The topological polar surface area (TPSA) is 73.6 Å². The van der Waals surface area contributed by atoms with Crippen molar-refractivity contribution in [3.8, 4) is 6.07 Å². The van der Waals surface area contributed by atoms with Crippen LogP contribution in [0, 0.1) is 11.3 Å². The first-order valence-electron chi connectivity index (χ1n) is 10.5. The van der Waals surface area contributed by atoms with Crippen molar-refractivity contribution in [2.45, 2.75) is 62.6 Å². The van der Waals surface area contributed by atoms with Gasteiger partial charge in [0.2, 0.25) is 0 Å². The van der Waals surface area contributed by atoms with E-state index >= 15 is 0 Å². The summed E-state index contributed by atoms with van der Waals surface area (Å²) in [5.41, 5.74) is -1.70. The van der Waals surface area contributed by atoms with Gasteiger partial charge in [-0.05, 0) is 43.0 Å². The van der Waals surface area contributed by atoms with Crippen molar-refractivity contribution in [1.29, 1.82) is 5.26 Å². The van der Waals surface area contributed by atoms with Gasteiger partial charge in [-0.25, -0.2) is 4.79 Å². The van der Waals surface area contributed by atoms with Crippen LogP contribution in [0.15, 0.2) is 48.5 Å². The number of ether oxygens (including phenoxy) is 1. The molecule has 1 amide bonds. The van der Waals surface area contributed by atoms with Crippen LogP contribution in [0.25, 0.3) is 0 Å². The Morgan fingerprint density at radius 2 is 1.81 bits per heavy atom.